The van der Waals surface area contributed by atoms with Crippen LogP contribution in [-0.2, 0) is 13.6 Å². The Morgan fingerprint density at radius 2 is 2.10 bits per heavy atom. The van der Waals surface area contributed by atoms with Gasteiger partial charge in [-0.25, -0.2) is 9.97 Å². The van der Waals surface area contributed by atoms with Gasteiger partial charge in [0.25, 0.3) is 0 Å². The van der Waals surface area contributed by atoms with Crippen LogP contribution in [0.5, 0.6) is 0 Å². The predicted octanol–water partition coefficient (Wildman–Crippen LogP) is 3.19. The van der Waals surface area contributed by atoms with Gasteiger partial charge in [0.05, 0.1) is 16.6 Å². The molecule has 0 radical (unpaired) electrons. The molecule has 0 saturated heterocycles. The van der Waals surface area contributed by atoms with Gasteiger partial charge in [0, 0.05) is 33.0 Å². The van der Waals surface area contributed by atoms with E-state index < -0.39 is 0 Å². The maximum atomic E-state index is 6.23. The fourth-order valence-electron chi connectivity index (χ4n) is 1.85. The summed E-state index contributed by atoms with van der Waals surface area (Å²) < 4.78 is 1.96. The van der Waals surface area contributed by atoms with Gasteiger partial charge in [-0.3, -0.25) is 0 Å². The number of hydrogen-bond acceptors (Lipinski definition) is 4. The number of aromatic nitrogens is 3. The normalized spacial score (nSPS) is 10.7. The van der Waals surface area contributed by atoms with Crippen molar-refractivity contribution in [2.75, 3.05) is 23.8 Å². The lowest BCUT2D eigenvalue weighted by molar-refractivity contribution is 0.756. The summed E-state index contributed by atoms with van der Waals surface area (Å²) in [4.78, 5) is 10.7. The Bertz CT molecular complexity index is 596. The minimum atomic E-state index is 0.519. The Kier molecular flexibility index (Phi) is 4.73. The van der Waals surface area contributed by atoms with Crippen molar-refractivity contribution in [1.82, 2.24) is 14.5 Å². The fourth-order valence-corrected chi connectivity index (χ4v) is 2.42. The Morgan fingerprint density at radius 3 is 2.70 bits per heavy atom. The minimum Gasteiger partial charge on any atom is -0.369 e. The number of imidazole rings is 1. The highest BCUT2D eigenvalue weighted by Crippen LogP contribution is 2.31. The van der Waals surface area contributed by atoms with E-state index in [1.54, 1.807) is 12.3 Å². The number of hydrogen-bond donors (Lipinski definition) is 1. The van der Waals surface area contributed by atoms with E-state index >= 15 is 0 Å². The van der Waals surface area contributed by atoms with Crippen LogP contribution in [0.2, 0.25) is 10.0 Å². The third-order valence-electron chi connectivity index (χ3n) is 2.92. The first kappa shape index (κ1) is 14.9. The van der Waals surface area contributed by atoms with Crippen LogP contribution in [0.3, 0.4) is 0 Å². The SMILES string of the molecule is CCNc1nc(N(C)Cc2nccn2C)c(Cl)cc1Cl. The molecule has 2 rings (SSSR count). The standard InChI is InChI=1S/C13H17Cl2N5/c1-4-16-12-9(14)7-10(15)13(18-12)20(3)8-11-17-5-6-19(11)2/h5-7H,4,8H2,1-3H3,(H,16,18). The van der Waals surface area contributed by atoms with Gasteiger partial charge in [-0.2, -0.15) is 0 Å². The molecular weight excluding hydrogens is 297 g/mol. The zero-order chi connectivity index (χ0) is 14.7. The molecule has 0 aliphatic rings. The van der Waals surface area contributed by atoms with Crippen molar-refractivity contribution >= 4 is 34.8 Å². The fraction of sp³-hybridized carbons (Fsp3) is 0.385. The third kappa shape index (κ3) is 3.16. The Hall–Kier alpha value is -1.46. The van der Waals surface area contributed by atoms with Crippen molar-refractivity contribution in [3.05, 3.63) is 34.3 Å². The van der Waals surface area contributed by atoms with Gasteiger partial charge in [0.15, 0.2) is 0 Å². The van der Waals surface area contributed by atoms with Gasteiger partial charge in [-0.1, -0.05) is 23.2 Å². The zero-order valence-corrected chi connectivity index (χ0v) is 13.2. The van der Waals surface area contributed by atoms with Gasteiger partial charge in [-0.05, 0) is 13.0 Å². The van der Waals surface area contributed by atoms with E-state index in [4.69, 9.17) is 23.2 Å². The minimum absolute atomic E-state index is 0.519. The van der Waals surface area contributed by atoms with Crippen LogP contribution in [0.15, 0.2) is 18.5 Å². The van der Waals surface area contributed by atoms with Gasteiger partial charge in [0.1, 0.15) is 17.5 Å². The molecule has 0 unspecified atom stereocenters. The Labute approximate surface area is 128 Å². The Morgan fingerprint density at radius 1 is 1.35 bits per heavy atom. The van der Waals surface area contributed by atoms with Gasteiger partial charge < -0.3 is 14.8 Å². The molecule has 0 fully saturated rings. The molecular formula is C13H17Cl2N5. The van der Waals surface area contributed by atoms with Crippen molar-refractivity contribution in [3.63, 3.8) is 0 Å². The maximum Gasteiger partial charge on any atom is 0.150 e. The summed E-state index contributed by atoms with van der Waals surface area (Å²) >= 11 is 12.3. The number of nitrogens with one attached hydrogen (secondary N) is 1. The van der Waals surface area contributed by atoms with E-state index in [0.29, 0.717) is 28.2 Å². The molecule has 0 aromatic carbocycles. The molecule has 0 saturated carbocycles. The van der Waals surface area contributed by atoms with Crippen LogP contribution in [0, 0.1) is 0 Å². The number of nitrogens with zero attached hydrogens (tertiary/aromatic N) is 4. The largest absolute Gasteiger partial charge is 0.369 e. The molecule has 0 bridgehead atoms. The first-order valence-corrected chi connectivity index (χ1v) is 7.05. The van der Waals surface area contributed by atoms with E-state index in [1.807, 2.05) is 36.7 Å². The molecule has 7 heteroatoms. The lowest BCUT2D eigenvalue weighted by Crippen LogP contribution is -2.21. The van der Waals surface area contributed by atoms with Crippen molar-refractivity contribution in [1.29, 1.82) is 0 Å². The number of halogens is 2. The average molecular weight is 314 g/mol. The van der Waals surface area contributed by atoms with Crippen molar-refractivity contribution in [2.24, 2.45) is 7.05 Å². The molecule has 2 aromatic rings. The summed E-state index contributed by atoms with van der Waals surface area (Å²) in [5.41, 5.74) is 0. The van der Waals surface area contributed by atoms with Crippen LogP contribution in [0.4, 0.5) is 11.6 Å². The second-order valence-corrected chi connectivity index (χ2v) is 5.28. The van der Waals surface area contributed by atoms with Crippen LogP contribution >= 0.6 is 23.2 Å². The first-order valence-electron chi connectivity index (χ1n) is 6.30. The molecule has 0 aliphatic heterocycles. The summed E-state index contributed by atoms with van der Waals surface area (Å²) in [6.45, 7) is 3.35. The molecule has 0 atom stereocenters. The average Bonchev–Trinajstić information content (AvgIpc) is 2.78. The maximum absolute atomic E-state index is 6.23. The quantitative estimate of drug-likeness (QED) is 0.921. The van der Waals surface area contributed by atoms with E-state index in [1.165, 1.54) is 0 Å². The molecule has 108 valence electrons. The van der Waals surface area contributed by atoms with Gasteiger partial charge in [-0.15, -0.1) is 0 Å². The first-order chi connectivity index (χ1) is 9.52. The topological polar surface area (TPSA) is 46.0 Å². The number of rotatable bonds is 5. The summed E-state index contributed by atoms with van der Waals surface area (Å²) in [6.07, 6.45) is 3.67. The van der Waals surface area contributed by atoms with Crippen LogP contribution < -0.4 is 10.2 Å². The van der Waals surface area contributed by atoms with Crippen molar-refractivity contribution < 1.29 is 0 Å². The van der Waals surface area contributed by atoms with Crippen LogP contribution in [0.25, 0.3) is 0 Å². The van der Waals surface area contributed by atoms with E-state index in [0.717, 1.165) is 12.4 Å². The van der Waals surface area contributed by atoms with Crippen molar-refractivity contribution in [3.8, 4) is 0 Å². The number of aryl methyl sites for hydroxylation is 1. The zero-order valence-electron chi connectivity index (χ0n) is 11.7. The summed E-state index contributed by atoms with van der Waals surface area (Å²) in [6, 6.07) is 1.71. The molecule has 2 aromatic heterocycles. The van der Waals surface area contributed by atoms with E-state index in [9.17, 15) is 0 Å². The lowest BCUT2D eigenvalue weighted by atomic mass is 10.4. The summed E-state index contributed by atoms with van der Waals surface area (Å²) in [5.74, 6) is 2.25. The summed E-state index contributed by atoms with van der Waals surface area (Å²) in [5, 5.41) is 4.16. The molecule has 0 amide bonds. The smallest absolute Gasteiger partial charge is 0.150 e. The van der Waals surface area contributed by atoms with Crippen LogP contribution in [0.1, 0.15) is 12.7 Å². The molecule has 5 nitrogen and oxygen atoms in total. The van der Waals surface area contributed by atoms with E-state index in [-0.39, 0.29) is 0 Å². The summed E-state index contributed by atoms with van der Waals surface area (Å²) in [7, 11) is 3.88. The lowest BCUT2D eigenvalue weighted by Gasteiger charge is -2.20. The number of anilines is 2. The molecule has 20 heavy (non-hydrogen) atoms. The van der Waals surface area contributed by atoms with Gasteiger partial charge >= 0.3 is 0 Å². The monoisotopic (exact) mass is 313 g/mol. The predicted molar refractivity (Wildman–Crippen MR) is 83.7 cm³/mol. The number of pyridine rings is 1. The third-order valence-corrected chi connectivity index (χ3v) is 3.48. The second-order valence-electron chi connectivity index (χ2n) is 4.46. The van der Waals surface area contributed by atoms with E-state index in [2.05, 4.69) is 15.3 Å². The van der Waals surface area contributed by atoms with Crippen molar-refractivity contribution in [2.45, 2.75) is 13.5 Å². The molecule has 1 N–H and O–H groups in total. The molecule has 0 aliphatic carbocycles. The highest BCUT2D eigenvalue weighted by Gasteiger charge is 2.14. The molecule has 0 spiro atoms. The second kappa shape index (κ2) is 6.33. The highest BCUT2D eigenvalue weighted by atomic mass is 35.5. The van der Waals surface area contributed by atoms with Gasteiger partial charge in [0.2, 0.25) is 0 Å². The van der Waals surface area contributed by atoms with Crippen LogP contribution in [-0.4, -0.2) is 28.1 Å². The molecule has 2 heterocycles. The Balaban J connectivity index is 2.27. The highest BCUT2D eigenvalue weighted by molar-refractivity contribution is 6.37.